The van der Waals surface area contributed by atoms with Crippen molar-refractivity contribution in [2.24, 2.45) is 0 Å². The monoisotopic (exact) mass is 349 g/mol. The van der Waals surface area contributed by atoms with Gasteiger partial charge in [0.15, 0.2) is 0 Å². The standard InChI is InChI=1S/C19H21Cl2NO/c1-4-16(13-6-8-15(9-7-13)22-12(3)23)18-10-14(20)11-19(21)17(18)5-2/h6-11,16H,4-5H2,1-3H3,(H,22,23). The fourth-order valence-corrected chi connectivity index (χ4v) is 3.59. The second kappa shape index (κ2) is 7.85. The van der Waals surface area contributed by atoms with E-state index in [2.05, 4.69) is 19.2 Å². The number of anilines is 1. The molecule has 2 rings (SSSR count). The highest BCUT2D eigenvalue weighted by Crippen LogP contribution is 2.36. The molecule has 2 aromatic carbocycles. The zero-order valence-electron chi connectivity index (χ0n) is 13.6. The Morgan fingerprint density at radius 3 is 2.30 bits per heavy atom. The molecule has 1 unspecified atom stereocenters. The molecule has 0 aliphatic rings. The zero-order chi connectivity index (χ0) is 17.0. The normalized spacial score (nSPS) is 12.0. The molecule has 0 bridgehead atoms. The van der Waals surface area contributed by atoms with E-state index in [0.29, 0.717) is 5.02 Å². The number of carbonyl (C=O) groups excluding carboxylic acids is 1. The van der Waals surface area contributed by atoms with E-state index in [1.54, 1.807) is 6.07 Å². The van der Waals surface area contributed by atoms with Gasteiger partial charge in [-0.15, -0.1) is 0 Å². The molecule has 0 fully saturated rings. The SMILES string of the molecule is CCc1c(Cl)cc(Cl)cc1C(CC)c1ccc(NC(C)=O)cc1. The van der Waals surface area contributed by atoms with Crippen molar-refractivity contribution in [1.82, 2.24) is 0 Å². The van der Waals surface area contributed by atoms with Crippen LogP contribution in [0.15, 0.2) is 36.4 Å². The number of hydrogen-bond donors (Lipinski definition) is 1. The highest BCUT2D eigenvalue weighted by molar-refractivity contribution is 6.35. The molecule has 2 nitrogen and oxygen atoms in total. The third kappa shape index (κ3) is 4.27. The third-order valence-corrected chi connectivity index (χ3v) is 4.52. The van der Waals surface area contributed by atoms with E-state index in [1.165, 1.54) is 18.1 Å². The molecular formula is C19H21Cl2NO. The minimum Gasteiger partial charge on any atom is -0.326 e. The molecule has 23 heavy (non-hydrogen) atoms. The minimum atomic E-state index is -0.0697. The van der Waals surface area contributed by atoms with Gasteiger partial charge in [0.1, 0.15) is 0 Å². The van der Waals surface area contributed by atoms with Gasteiger partial charge in [0.25, 0.3) is 0 Å². The largest absolute Gasteiger partial charge is 0.326 e. The van der Waals surface area contributed by atoms with Gasteiger partial charge in [0.05, 0.1) is 0 Å². The number of carbonyl (C=O) groups is 1. The molecule has 0 aliphatic heterocycles. The molecule has 0 aliphatic carbocycles. The molecule has 0 spiro atoms. The van der Waals surface area contributed by atoms with E-state index in [0.717, 1.165) is 29.1 Å². The molecule has 1 atom stereocenters. The van der Waals surface area contributed by atoms with Crippen LogP contribution in [0.25, 0.3) is 0 Å². The van der Waals surface area contributed by atoms with Crippen LogP contribution in [-0.4, -0.2) is 5.91 Å². The number of rotatable bonds is 5. The predicted molar refractivity (Wildman–Crippen MR) is 98.7 cm³/mol. The van der Waals surface area contributed by atoms with Gasteiger partial charge in [-0.1, -0.05) is 49.2 Å². The molecule has 4 heteroatoms. The number of benzene rings is 2. The zero-order valence-corrected chi connectivity index (χ0v) is 15.1. The average Bonchev–Trinajstić information content (AvgIpc) is 2.49. The molecule has 0 saturated carbocycles. The highest BCUT2D eigenvalue weighted by Gasteiger charge is 2.18. The van der Waals surface area contributed by atoms with Crippen LogP contribution in [0.2, 0.25) is 10.0 Å². The van der Waals surface area contributed by atoms with Gasteiger partial charge < -0.3 is 5.32 Å². The number of nitrogens with one attached hydrogen (secondary N) is 1. The van der Waals surface area contributed by atoms with Crippen LogP contribution in [0.4, 0.5) is 5.69 Å². The van der Waals surface area contributed by atoms with Crippen LogP contribution in [-0.2, 0) is 11.2 Å². The van der Waals surface area contributed by atoms with Crippen LogP contribution >= 0.6 is 23.2 Å². The summed E-state index contributed by atoms with van der Waals surface area (Å²) in [4.78, 5) is 11.1. The van der Waals surface area contributed by atoms with Gasteiger partial charge in [-0.05, 0) is 53.8 Å². The molecule has 2 aromatic rings. The van der Waals surface area contributed by atoms with Crippen LogP contribution < -0.4 is 5.32 Å². The molecular weight excluding hydrogens is 329 g/mol. The Morgan fingerprint density at radius 2 is 1.78 bits per heavy atom. The van der Waals surface area contributed by atoms with E-state index in [4.69, 9.17) is 23.2 Å². The molecule has 1 amide bonds. The molecule has 0 heterocycles. The van der Waals surface area contributed by atoms with E-state index < -0.39 is 0 Å². The summed E-state index contributed by atoms with van der Waals surface area (Å²) in [7, 11) is 0. The first-order valence-corrected chi connectivity index (χ1v) is 8.57. The van der Waals surface area contributed by atoms with Gasteiger partial charge in [-0.2, -0.15) is 0 Å². The van der Waals surface area contributed by atoms with E-state index >= 15 is 0 Å². The molecule has 0 aromatic heterocycles. The van der Waals surface area contributed by atoms with Crippen LogP contribution in [0.3, 0.4) is 0 Å². The van der Waals surface area contributed by atoms with Crippen LogP contribution in [0.1, 0.15) is 49.8 Å². The van der Waals surface area contributed by atoms with E-state index in [-0.39, 0.29) is 11.8 Å². The summed E-state index contributed by atoms with van der Waals surface area (Å²) in [6.07, 6.45) is 1.81. The fraction of sp³-hybridized carbons (Fsp3) is 0.316. The summed E-state index contributed by atoms with van der Waals surface area (Å²) >= 11 is 12.6. The lowest BCUT2D eigenvalue weighted by Crippen LogP contribution is -2.07. The predicted octanol–water partition coefficient (Wildman–Crippen LogP) is 6.06. The van der Waals surface area contributed by atoms with Gasteiger partial charge in [0, 0.05) is 28.6 Å². The maximum Gasteiger partial charge on any atom is 0.221 e. The summed E-state index contributed by atoms with van der Waals surface area (Å²) in [5.74, 6) is 0.159. The Bertz CT molecular complexity index is 695. The summed E-state index contributed by atoms with van der Waals surface area (Å²) < 4.78 is 0. The summed E-state index contributed by atoms with van der Waals surface area (Å²) in [5.41, 5.74) is 4.32. The fourth-order valence-electron chi connectivity index (χ4n) is 2.94. The summed E-state index contributed by atoms with van der Waals surface area (Å²) in [5, 5.41) is 4.18. The lowest BCUT2D eigenvalue weighted by atomic mass is 9.85. The first-order valence-electron chi connectivity index (χ1n) is 7.81. The molecule has 1 N–H and O–H groups in total. The second-order valence-electron chi connectivity index (χ2n) is 5.57. The lowest BCUT2D eigenvalue weighted by molar-refractivity contribution is -0.114. The molecule has 122 valence electrons. The topological polar surface area (TPSA) is 29.1 Å². The van der Waals surface area contributed by atoms with Gasteiger partial charge in [-0.25, -0.2) is 0 Å². The molecule has 0 radical (unpaired) electrons. The first kappa shape index (κ1) is 17.8. The highest BCUT2D eigenvalue weighted by atomic mass is 35.5. The van der Waals surface area contributed by atoms with Crippen molar-refractivity contribution in [2.75, 3.05) is 5.32 Å². The van der Waals surface area contributed by atoms with Crippen LogP contribution in [0, 0.1) is 0 Å². The Balaban J connectivity index is 2.42. The Kier molecular flexibility index (Phi) is 6.09. The van der Waals surface area contributed by atoms with Crippen molar-refractivity contribution in [3.05, 3.63) is 63.1 Å². The molecule has 0 saturated heterocycles. The second-order valence-corrected chi connectivity index (χ2v) is 6.42. The van der Waals surface area contributed by atoms with Crippen molar-refractivity contribution < 1.29 is 4.79 Å². The quantitative estimate of drug-likeness (QED) is 0.698. The van der Waals surface area contributed by atoms with Crippen LogP contribution in [0.5, 0.6) is 0 Å². The van der Waals surface area contributed by atoms with Crippen molar-refractivity contribution in [3.8, 4) is 0 Å². The van der Waals surface area contributed by atoms with Crippen molar-refractivity contribution in [3.63, 3.8) is 0 Å². The minimum absolute atomic E-state index is 0.0697. The average molecular weight is 350 g/mol. The first-order chi connectivity index (χ1) is 11.0. The number of hydrogen-bond acceptors (Lipinski definition) is 1. The van der Waals surface area contributed by atoms with Gasteiger partial charge in [-0.3, -0.25) is 4.79 Å². The number of halogens is 2. The maximum absolute atomic E-state index is 11.1. The van der Waals surface area contributed by atoms with Crippen molar-refractivity contribution in [2.45, 2.75) is 39.5 Å². The Labute approximate surface area is 147 Å². The van der Waals surface area contributed by atoms with Gasteiger partial charge in [0.2, 0.25) is 5.91 Å². The van der Waals surface area contributed by atoms with Crippen molar-refractivity contribution >= 4 is 34.8 Å². The lowest BCUT2D eigenvalue weighted by Gasteiger charge is -2.21. The Morgan fingerprint density at radius 1 is 1.13 bits per heavy atom. The third-order valence-electron chi connectivity index (χ3n) is 3.97. The van der Waals surface area contributed by atoms with Gasteiger partial charge >= 0.3 is 0 Å². The number of amides is 1. The summed E-state index contributed by atoms with van der Waals surface area (Å²) in [6, 6.07) is 11.8. The van der Waals surface area contributed by atoms with E-state index in [1.807, 2.05) is 30.3 Å². The summed E-state index contributed by atoms with van der Waals surface area (Å²) in [6.45, 7) is 5.76. The Hall–Kier alpha value is -1.51. The van der Waals surface area contributed by atoms with Crippen molar-refractivity contribution in [1.29, 1.82) is 0 Å². The van der Waals surface area contributed by atoms with E-state index in [9.17, 15) is 4.79 Å². The maximum atomic E-state index is 11.1. The smallest absolute Gasteiger partial charge is 0.221 e.